The lowest BCUT2D eigenvalue weighted by Gasteiger charge is -2.31. The van der Waals surface area contributed by atoms with Crippen molar-refractivity contribution in [2.24, 2.45) is 11.8 Å². The van der Waals surface area contributed by atoms with Gasteiger partial charge in [0.15, 0.2) is 5.76 Å². The second kappa shape index (κ2) is 6.53. The molecule has 2 rings (SSSR count). The molecule has 0 bridgehead atoms. The Kier molecular flexibility index (Phi) is 4.75. The van der Waals surface area contributed by atoms with Crippen LogP contribution in [-0.2, 0) is 11.3 Å². The molecule has 1 aromatic rings. The van der Waals surface area contributed by atoms with Crippen molar-refractivity contribution in [1.82, 2.24) is 15.6 Å². The van der Waals surface area contributed by atoms with Gasteiger partial charge in [0.2, 0.25) is 5.91 Å². The Hall–Kier alpha value is -1.86. The molecule has 0 spiro atoms. The van der Waals surface area contributed by atoms with Gasteiger partial charge in [-0.05, 0) is 25.5 Å². The van der Waals surface area contributed by atoms with E-state index in [1.54, 1.807) is 13.1 Å². The molecule has 2 heterocycles. The average Bonchev–Trinajstić information content (AvgIpc) is 2.94. The third kappa shape index (κ3) is 3.17. The molecule has 0 radical (unpaired) electrons. The molecule has 1 fully saturated rings. The quantitative estimate of drug-likeness (QED) is 0.404. The first kappa shape index (κ1) is 14.5. The minimum Gasteiger partial charge on any atom is -0.459 e. The topological polar surface area (TPSA) is 101 Å². The highest BCUT2D eigenvalue weighted by molar-refractivity contribution is 5.92. The van der Waals surface area contributed by atoms with Crippen LogP contribution in [-0.4, -0.2) is 36.9 Å². The summed E-state index contributed by atoms with van der Waals surface area (Å²) in [4.78, 5) is 25.4. The number of hydrogen-bond acceptors (Lipinski definition) is 5. The first-order valence-electron chi connectivity index (χ1n) is 6.67. The number of nitrogens with zero attached hydrogens (tertiary/aromatic N) is 1. The molecule has 1 aliphatic rings. The van der Waals surface area contributed by atoms with Crippen molar-refractivity contribution >= 4 is 11.8 Å². The molecule has 1 atom stereocenters. The fraction of sp³-hybridized carbons (Fsp3) is 0.538. The van der Waals surface area contributed by atoms with Crippen molar-refractivity contribution in [3.8, 4) is 0 Å². The SMILES string of the molecule is CNC(=O)C1CCCN(Cc2ccoc2C(=O)NN)C1. The van der Waals surface area contributed by atoms with Crippen LogP contribution < -0.4 is 16.6 Å². The van der Waals surface area contributed by atoms with E-state index in [0.29, 0.717) is 13.1 Å². The van der Waals surface area contributed by atoms with Gasteiger partial charge in [0.25, 0.3) is 0 Å². The van der Waals surface area contributed by atoms with Crippen molar-refractivity contribution in [1.29, 1.82) is 0 Å². The van der Waals surface area contributed by atoms with Gasteiger partial charge in [-0.2, -0.15) is 0 Å². The zero-order valence-corrected chi connectivity index (χ0v) is 11.5. The summed E-state index contributed by atoms with van der Waals surface area (Å²) in [6.45, 7) is 2.17. The lowest BCUT2D eigenvalue weighted by molar-refractivity contribution is -0.126. The number of rotatable bonds is 4. The summed E-state index contributed by atoms with van der Waals surface area (Å²) in [6.07, 6.45) is 3.34. The number of nitrogen functional groups attached to an aromatic ring is 1. The lowest BCUT2D eigenvalue weighted by atomic mass is 9.97. The van der Waals surface area contributed by atoms with Crippen LogP contribution in [0, 0.1) is 5.92 Å². The number of carbonyl (C=O) groups is 2. The summed E-state index contributed by atoms with van der Waals surface area (Å²) in [5, 5.41) is 2.69. The highest BCUT2D eigenvalue weighted by atomic mass is 16.3. The van der Waals surface area contributed by atoms with Gasteiger partial charge in [-0.1, -0.05) is 0 Å². The Bertz CT molecular complexity index is 486. The van der Waals surface area contributed by atoms with E-state index >= 15 is 0 Å². The number of hydrogen-bond donors (Lipinski definition) is 3. The first-order chi connectivity index (χ1) is 9.65. The van der Waals surface area contributed by atoms with Crippen LogP contribution in [0.1, 0.15) is 29.0 Å². The van der Waals surface area contributed by atoms with Crippen molar-refractivity contribution < 1.29 is 14.0 Å². The maximum Gasteiger partial charge on any atom is 0.301 e. The Morgan fingerprint density at radius 1 is 1.55 bits per heavy atom. The summed E-state index contributed by atoms with van der Waals surface area (Å²) in [5.41, 5.74) is 2.85. The molecule has 0 saturated carbocycles. The molecule has 4 N–H and O–H groups in total. The van der Waals surface area contributed by atoms with Crippen LogP contribution in [0.3, 0.4) is 0 Å². The number of amides is 2. The second-order valence-corrected chi connectivity index (χ2v) is 4.94. The Morgan fingerprint density at radius 3 is 3.05 bits per heavy atom. The molecule has 2 amide bonds. The largest absolute Gasteiger partial charge is 0.459 e. The Morgan fingerprint density at radius 2 is 2.35 bits per heavy atom. The van der Waals surface area contributed by atoms with Gasteiger partial charge in [0, 0.05) is 25.7 Å². The predicted octanol–water partition coefficient (Wildman–Crippen LogP) is -0.159. The zero-order chi connectivity index (χ0) is 14.5. The molecule has 0 aliphatic carbocycles. The van der Waals surface area contributed by atoms with E-state index in [4.69, 9.17) is 10.3 Å². The summed E-state index contributed by atoms with van der Waals surface area (Å²) < 4.78 is 5.16. The fourth-order valence-electron chi connectivity index (χ4n) is 2.58. The van der Waals surface area contributed by atoms with E-state index in [1.807, 2.05) is 0 Å². The van der Waals surface area contributed by atoms with E-state index in [0.717, 1.165) is 24.9 Å². The normalized spacial score (nSPS) is 19.6. The van der Waals surface area contributed by atoms with Crippen LogP contribution >= 0.6 is 0 Å². The fourth-order valence-corrected chi connectivity index (χ4v) is 2.58. The molecule has 1 aromatic heterocycles. The minimum atomic E-state index is -0.440. The van der Waals surface area contributed by atoms with Gasteiger partial charge in [0.1, 0.15) is 0 Å². The van der Waals surface area contributed by atoms with E-state index in [2.05, 4.69) is 15.6 Å². The molecule has 1 saturated heterocycles. The Labute approximate surface area is 117 Å². The number of furan rings is 1. The van der Waals surface area contributed by atoms with E-state index < -0.39 is 5.91 Å². The van der Waals surface area contributed by atoms with Crippen LogP contribution in [0.25, 0.3) is 0 Å². The third-order valence-electron chi connectivity index (χ3n) is 3.60. The molecule has 20 heavy (non-hydrogen) atoms. The maximum atomic E-state index is 11.7. The number of hydrazine groups is 1. The van der Waals surface area contributed by atoms with Gasteiger partial charge >= 0.3 is 5.91 Å². The smallest absolute Gasteiger partial charge is 0.301 e. The van der Waals surface area contributed by atoms with Gasteiger partial charge in [-0.3, -0.25) is 19.9 Å². The monoisotopic (exact) mass is 280 g/mol. The van der Waals surface area contributed by atoms with Gasteiger partial charge in [-0.15, -0.1) is 0 Å². The standard InChI is InChI=1S/C13H20N4O3/c1-15-12(18)10-3-2-5-17(8-10)7-9-4-6-20-11(9)13(19)16-14/h4,6,10H,2-3,5,7-8,14H2,1H3,(H,15,18)(H,16,19). The van der Waals surface area contributed by atoms with Crippen LogP contribution in [0.15, 0.2) is 16.7 Å². The number of piperidine rings is 1. The van der Waals surface area contributed by atoms with Crippen LogP contribution in [0.5, 0.6) is 0 Å². The second-order valence-electron chi connectivity index (χ2n) is 4.94. The molecule has 0 aromatic carbocycles. The van der Waals surface area contributed by atoms with E-state index in [1.165, 1.54) is 6.26 Å². The predicted molar refractivity (Wildman–Crippen MR) is 72.4 cm³/mol. The van der Waals surface area contributed by atoms with Crippen molar-refractivity contribution in [3.05, 3.63) is 23.7 Å². The molecule has 7 heteroatoms. The number of nitrogens with one attached hydrogen (secondary N) is 2. The molecular weight excluding hydrogens is 260 g/mol. The minimum absolute atomic E-state index is 0.00689. The molecule has 1 unspecified atom stereocenters. The zero-order valence-electron chi connectivity index (χ0n) is 11.5. The van der Waals surface area contributed by atoms with E-state index in [-0.39, 0.29) is 17.6 Å². The summed E-state index contributed by atoms with van der Waals surface area (Å²) in [5.74, 6) is 4.99. The maximum absolute atomic E-state index is 11.7. The van der Waals surface area contributed by atoms with Crippen molar-refractivity contribution in [3.63, 3.8) is 0 Å². The highest BCUT2D eigenvalue weighted by Gasteiger charge is 2.26. The molecule has 1 aliphatic heterocycles. The average molecular weight is 280 g/mol. The number of carbonyl (C=O) groups excluding carboxylic acids is 2. The van der Waals surface area contributed by atoms with Crippen LogP contribution in [0.4, 0.5) is 0 Å². The first-order valence-corrected chi connectivity index (χ1v) is 6.67. The van der Waals surface area contributed by atoms with E-state index in [9.17, 15) is 9.59 Å². The van der Waals surface area contributed by atoms with Crippen LogP contribution in [0.2, 0.25) is 0 Å². The summed E-state index contributed by atoms with van der Waals surface area (Å²) in [6, 6.07) is 1.76. The van der Waals surface area contributed by atoms with Crippen molar-refractivity contribution in [2.75, 3.05) is 20.1 Å². The summed E-state index contributed by atoms with van der Waals surface area (Å²) >= 11 is 0. The molecule has 110 valence electrons. The molecule has 7 nitrogen and oxygen atoms in total. The van der Waals surface area contributed by atoms with Gasteiger partial charge in [-0.25, -0.2) is 5.84 Å². The third-order valence-corrected chi connectivity index (χ3v) is 3.60. The summed E-state index contributed by atoms with van der Waals surface area (Å²) in [7, 11) is 1.65. The number of nitrogens with two attached hydrogens (primary N) is 1. The van der Waals surface area contributed by atoms with Crippen molar-refractivity contribution in [2.45, 2.75) is 19.4 Å². The van der Waals surface area contributed by atoms with Gasteiger partial charge in [0.05, 0.1) is 12.2 Å². The molecular formula is C13H20N4O3. The lowest BCUT2D eigenvalue weighted by Crippen LogP contribution is -2.42. The highest BCUT2D eigenvalue weighted by Crippen LogP contribution is 2.20. The number of likely N-dealkylation sites (tertiary alicyclic amines) is 1. The van der Waals surface area contributed by atoms with Gasteiger partial charge < -0.3 is 9.73 Å². The Balaban J connectivity index is 2.01.